The summed E-state index contributed by atoms with van der Waals surface area (Å²) in [5.74, 6) is 0.871. The van der Waals surface area contributed by atoms with E-state index in [-0.39, 0.29) is 0 Å². The van der Waals surface area contributed by atoms with Crippen LogP contribution < -0.4 is 4.74 Å². The fourth-order valence-electron chi connectivity index (χ4n) is 1.33. The van der Waals surface area contributed by atoms with Crippen molar-refractivity contribution < 1.29 is 4.74 Å². The third-order valence-corrected chi connectivity index (χ3v) is 1.97. The molecule has 1 saturated heterocycles. The van der Waals surface area contributed by atoms with Crippen molar-refractivity contribution in [3.63, 3.8) is 0 Å². The van der Waals surface area contributed by atoms with Gasteiger partial charge in [-0.3, -0.25) is 9.88 Å². The van der Waals surface area contributed by atoms with Crippen LogP contribution in [0.4, 0.5) is 0 Å². The van der Waals surface area contributed by atoms with Crippen LogP contribution in [0.3, 0.4) is 0 Å². The molecule has 1 aliphatic heterocycles. The molecule has 1 fully saturated rings. The molecular formula is C13H24N2O. The smallest absolute Gasteiger partial charge is 0.138 e. The summed E-state index contributed by atoms with van der Waals surface area (Å²) in [6, 6.07) is 3.82. The van der Waals surface area contributed by atoms with Crippen molar-refractivity contribution >= 4 is 0 Å². The first-order chi connectivity index (χ1) is 7.84. The molecule has 1 aromatic heterocycles. The second-order valence-electron chi connectivity index (χ2n) is 3.15. The summed E-state index contributed by atoms with van der Waals surface area (Å²) in [6.07, 6.45) is 3.86. The number of rotatable bonds is 2. The van der Waals surface area contributed by atoms with Crippen LogP contribution in [-0.4, -0.2) is 36.1 Å². The zero-order valence-corrected chi connectivity index (χ0v) is 11.1. The van der Waals surface area contributed by atoms with E-state index in [0.717, 1.165) is 18.8 Å². The Bertz CT molecular complexity index is 245. The Labute approximate surface area is 99.4 Å². The lowest BCUT2D eigenvalue weighted by Gasteiger charge is -2.35. The number of ether oxygens (including phenoxy) is 1. The van der Waals surface area contributed by atoms with E-state index in [2.05, 4.69) is 16.9 Å². The van der Waals surface area contributed by atoms with Gasteiger partial charge in [-0.15, -0.1) is 0 Å². The Morgan fingerprint density at radius 2 is 1.88 bits per heavy atom. The number of likely N-dealkylation sites (N-methyl/N-ethyl adjacent to an activating group) is 1. The third-order valence-electron chi connectivity index (χ3n) is 1.97. The molecule has 3 nitrogen and oxygen atoms in total. The van der Waals surface area contributed by atoms with Crippen molar-refractivity contribution in [1.29, 1.82) is 0 Å². The van der Waals surface area contributed by atoms with Crippen LogP contribution in [0.25, 0.3) is 0 Å². The molecule has 0 radical (unpaired) electrons. The van der Waals surface area contributed by atoms with Gasteiger partial charge in [-0.25, -0.2) is 0 Å². The highest BCUT2D eigenvalue weighted by molar-refractivity contribution is 5.16. The van der Waals surface area contributed by atoms with E-state index < -0.39 is 0 Å². The molecule has 0 spiro atoms. The molecule has 0 bridgehead atoms. The minimum absolute atomic E-state index is 0.360. The van der Waals surface area contributed by atoms with E-state index in [0.29, 0.717) is 6.10 Å². The van der Waals surface area contributed by atoms with Crippen LogP contribution in [0.2, 0.25) is 0 Å². The van der Waals surface area contributed by atoms with Gasteiger partial charge in [0.15, 0.2) is 0 Å². The average Bonchev–Trinajstić information content (AvgIpc) is 2.34. The molecule has 0 unspecified atom stereocenters. The number of pyridine rings is 1. The van der Waals surface area contributed by atoms with Gasteiger partial charge >= 0.3 is 0 Å². The van der Waals surface area contributed by atoms with Gasteiger partial charge in [0.25, 0.3) is 0 Å². The van der Waals surface area contributed by atoms with Crippen molar-refractivity contribution in [3.8, 4) is 5.75 Å². The van der Waals surface area contributed by atoms with Crippen LogP contribution in [-0.2, 0) is 0 Å². The van der Waals surface area contributed by atoms with Crippen LogP contribution in [0.1, 0.15) is 27.7 Å². The van der Waals surface area contributed by atoms with E-state index >= 15 is 0 Å². The highest BCUT2D eigenvalue weighted by Crippen LogP contribution is 2.14. The first-order valence-corrected chi connectivity index (χ1v) is 6.10. The van der Waals surface area contributed by atoms with Crippen molar-refractivity contribution in [2.45, 2.75) is 33.8 Å². The maximum Gasteiger partial charge on any atom is 0.138 e. The number of likely N-dealkylation sites (tertiary alicyclic amines) is 1. The van der Waals surface area contributed by atoms with Crippen molar-refractivity contribution in [3.05, 3.63) is 24.5 Å². The molecule has 0 N–H and O–H groups in total. The van der Waals surface area contributed by atoms with Gasteiger partial charge in [0.05, 0.1) is 6.20 Å². The van der Waals surface area contributed by atoms with Crippen LogP contribution in [0.15, 0.2) is 24.5 Å². The molecule has 0 aromatic carbocycles. The second kappa shape index (κ2) is 9.16. The standard InChI is InChI=1S/C9H12N2O.2C2H6/c1-11-6-9(7-11)12-8-3-2-4-10-5-8;2*1-2/h2-5,9H,6-7H2,1H3;2*1-2H3. The van der Waals surface area contributed by atoms with Gasteiger partial charge in [-0.1, -0.05) is 27.7 Å². The second-order valence-corrected chi connectivity index (χ2v) is 3.15. The Morgan fingerprint density at radius 3 is 2.31 bits per heavy atom. The largest absolute Gasteiger partial charge is 0.486 e. The lowest BCUT2D eigenvalue weighted by Crippen LogP contribution is -2.51. The summed E-state index contributed by atoms with van der Waals surface area (Å²) in [5, 5.41) is 0. The molecule has 0 atom stereocenters. The molecule has 0 amide bonds. The maximum atomic E-state index is 5.62. The van der Waals surface area contributed by atoms with E-state index in [1.807, 2.05) is 39.8 Å². The number of hydrogen-bond donors (Lipinski definition) is 0. The van der Waals surface area contributed by atoms with Crippen LogP contribution in [0, 0.1) is 0 Å². The number of hydrogen-bond acceptors (Lipinski definition) is 3. The normalized spacial score (nSPS) is 14.8. The molecule has 3 heteroatoms. The van der Waals surface area contributed by atoms with E-state index in [1.165, 1.54) is 0 Å². The summed E-state index contributed by atoms with van der Waals surface area (Å²) >= 11 is 0. The van der Waals surface area contributed by atoms with E-state index in [9.17, 15) is 0 Å². The van der Waals surface area contributed by atoms with E-state index in [1.54, 1.807) is 12.4 Å². The fourth-order valence-corrected chi connectivity index (χ4v) is 1.33. The van der Waals surface area contributed by atoms with Gasteiger partial charge in [0, 0.05) is 19.3 Å². The van der Waals surface area contributed by atoms with Crippen LogP contribution in [0.5, 0.6) is 5.75 Å². The Kier molecular flexibility index (Phi) is 8.53. The lowest BCUT2D eigenvalue weighted by molar-refractivity contribution is 0.0386. The molecule has 92 valence electrons. The predicted octanol–water partition coefficient (Wildman–Crippen LogP) is 2.83. The van der Waals surface area contributed by atoms with Gasteiger partial charge in [-0.2, -0.15) is 0 Å². The Balaban J connectivity index is 0.000000509. The highest BCUT2D eigenvalue weighted by atomic mass is 16.5. The predicted molar refractivity (Wildman–Crippen MR) is 68.8 cm³/mol. The molecule has 1 aromatic rings. The summed E-state index contributed by atoms with van der Waals surface area (Å²) in [5.41, 5.74) is 0. The SMILES string of the molecule is CC.CC.CN1CC(Oc2cccnc2)C1. The number of nitrogens with zero attached hydrogens (tertiary/aromatic N) is 2. The summed E-state index contributed by atoms with van der Waals surface area (Å²) in [7, 11) is 2.09. The lowest BCUT2D eigenvalue weighted by atomic mass is 10.2. The fraction of sp³-hybridized carbons (Fsp3) is 0.615. The molecule has 0 aliphatic carbocycles. The van der Waals surface area contributed by atoms with Gasteiger partial charge in [0.2, 0.25) is 0 Å². The zero-order chi connectivity index (χ0) is 12.4. The quantitative estimate of drug-likeness (QED) is 0.772. The number of aromatic nitrogens is 1. The minimum Gasteiger partial charge on any atom is -0.486 e. The average molecular weight is 224 g/mol. The monoisotopic (exact) mass is 224 g/mol. The molecular weight excluding hydrogens is 200 g/mol. The van der Waals surface area contributed by atoms with E-state index in [4.69, 9.17) is 4.74 Å². The van der Waals surface area contributed by atoms with Crippen molar-refractivity contribution in [2.24, 2.45) is 0 Å². The Hall–Kier alpha value is -1.09. The zero-order valence-electron chi connectivity index (χ0n) is 11.1. The Morgan fingerprint density at radius 1 is 1.25 bits per heavy atom. The highest BCUT2D eigenvalue weighted by Gasteiger charge is 2.24. The minimum atomic E-state index is 0.360. The first kappa shape index (κ1) is 14.9. The molecule has 1 aliphatic rings. The molecule has 16 heavy (non-hydrogen) atoms. The molecule has 0 saturated carbocycles. The summed E-state index contributed by atoms with van der Waals surface area (Å²) in [6.45, 7) is 10.0. The first-order valence-electron chi connectivity index (χ1n) is 6.10. The summed E-state index contributed by atoms with van der Waals surface area (Å²) in [4.78, 5) is 6.20. The van der Waals surface area contributed by atoms with Gasteiger partial charge < -0.3 is 4.74 Å². The third kappa shape index (κ3) is 5.12. The van der Waals surface area contributed by atoms with Crippen molar-refractivity contribution in [2.75, 3.05) is 20.1 Å². The van der Waals surface area contributed by atoms with Gasteiger partial charge in [0.1, 0.15) is 11.9 Å². The van der Waals surface area contributed by atoms with Gasteiger partial charge in [-0.05, 0) is 19.2 Å². The molecule has 2 heterocycles. The van der Waals surface area contributed by atoms with Crippen molar-refractivity contribution in [1.82, 2.24) is 9.88 Å². The topological polar surface area (TPSA) is 25.4 Å². The maximum absolute atomic E-state index is 5.62. The molecule has 2 rings (SSSR count). The van der Waals surface area contributed by atoms with Crippen LogP contribution >= 0.6 is 0 Å². The summed E-state index contributed by atoms with van der Waals surface area (Å²) < 4.78 is 5.62.